The van der Waals surface area contributed by atoms with Crippen LogP contribution in [-0.2, 0) is 9.53 Å². The van der Waals surface area contributed by atoms with Gasteiger partial charge in [0, 0.05) is 5.57 Å². The maximum atomic E-state index is 11.9. The van der Waals surface area contributed by atoms with E-state index in [1.165, 1.54) is 24.3 Å². The first-order valence-corrected chi connectivity index (χ1v) is 6.28. The molecule has 0 atom stereocenters. The number of esters is 1. The van der Waals surface area contributed by atoms with Crippen molar-refractivity contribution in [2.45, 2.75) is 0 Å². The van der Waals surface area contributed by atoms with Gasteiger partial charge in [0.05, 0.1) is 5.57 Å². The van der Waals surface area contributed by atoms with Crippen molar-refractivity contribution in [1.29, 1.82) is 0 Å². The summed E-state index contributed by atoms with van der Waals surface area (Å²) in [5.41, 5.74) is 2.23. The molecule has 1 aliphatic rings. The van der Waals surface area contributed by atoms with Crippen LogP contribution >= 0.6 is 0 Å². The Morgan fingerprint density at radius 1 is 0.857 bits per heavy atom. The lowest BCUT2D eigenvalue weighted by Crippen LogP contribution is -1.98. The number of phenolic OH excluding ortho intramolecular Hbond substituents is 3. The van der Waals surface area contributed by atoms with Gasteiger partial charge in [-0.2, -0.15) is 0 Å². The second-order valence-electron chi connectivity index (χ2n) is 4.68. The molecule has 0 aliphatic carbocycles. The van der Waals surface area contributed by atoms with Gasteiger partial charge < -0.3 is 20.1 Å². The minimum absolute atomic E-state index is 0.0965. The van der Waals surface area contributed by atoms with Crippen LogP contribution < -0.4 is 0 Å². The first-order valence-electron chi connectivity index (χ1n) is 6.28. The van der Waals surface area contributed by atoms with Crippen LogP contribution in [0.4, 0.5) is 0 Å². The number of carbonyl (C=O) groups is 1. The van der Waals surface area contributed by atoms with E-state index >= 15 is 0 Å². The van der Waals surface area contributed by atoms with Crippen molar-refractivity contribution < 1.29 is 24.9 Å². The molecule has 0 aromatic heterocycles. The van der Waals surface area contributed by atoms with E-state index in [0.717, 1.165) is 0 Å². The summed E-state index contributed by atoms with van der Waals surface area (Å²) in [6.45, 7) is 0.0965. The SMILES string of the molecule is O=C1OCC(c2ccc(O)c(O)c2)=C1c1ccc(O)cc1. The van der Waals surface area contributed by atoms with Crippen LogP contribution in [0.2, 0.25) is 0 Å². The van der Waals surface area contributed by atoms with Gasteiger partial charge >= 0.3 is 5.97 Å². The Morgan fingerprint density at radius 3 is 2.19 bits per heavy atom. The highest BCUT2D eigenvalue weighted by Gasteiger charge is 2.27. The molecule has 0 fully saturated rings. The van der Waals surface area contributed by atoms with Crippen molar-refractivity contribution in [3.63, 3.8) is 0 Å². The average molecular weight is 284 g/mol. The summed E-state index contributed by atoms with van der Waals surface area (Å²) in [5, 5.41) is 28.3. The molecule has 2 aromatic carbocycles. The van der Waals surface area contributed by atoms with Crippen molar-refractivity contribution in [2.24, 2.45) is 0 Å². The molecule has 0 bridgehead atoms. The topological polar surface area (TPSA) is 87.0 Å². The van der Waals surface area contributed by atoms with E-state index in [2.05, 4.69) is 0 Å². The molecule has 0 unspecified atom stereocenters. The fourth-order valence-electron chi connectivity index (χ4n) is 2.26. The van der Waals surface area contributed by atoms with Crippen LogP contribution in [0.15, 0.2) is 42.5 Å². The third kappa shape index (κ3) is 2.29. The lowest BCUT2D eigenvalue weighted by Gasteiger charge is -2.06. The number of phenols is 3. The summed E-state index contributed by atoms with van der Waals surface area (Å²) in [4.78, 5) is 11.9. The van der Waals surface area contributed by atoms with Gasteiger partial charge in [-0.25, -0.2) is 4.79 Å². The van der Waals surface area contributed by atoms with Gasteiger partial charge in [0.25, 0.3) is 0 Å². The van der Waals surface area contributed by atoms with E-state index in [-0.39, 0.29) is 23.9 Å². The highest BCUT2D eigenvalue weighted by molar-refractivity contribution is 6.27. The first kappa shape index (κ1) is 13.1. The van der Waals surface area contributed by atoms with Gasteiger partial charge in [0.1, 0.15) is 12.4 Å². The molecule has 3 N–H and O–H groups in total. The fourth-order valence-corrected chi connectivity index (χ4v) is 2.26. The Morgan fingerprint density at radius 2 is 1.52 bits per heavy atom. The number of hydrogen-bond donors (Lipinski definition) is 3. The highest BCUT2D eigenvalue weighted by Crippen LogP contribution is 2.36. The van der Waals surface area contributed by atoms with Crippen LogP contribution in [0.3, 0.4) is 0 Å². The standard InChI is InChI=1S/C16H12O5/c17-11-4-1-9(2-5-11)15-12(8-21-16(15)20)10-3-6-13(18)14(19)7-10/h1-7,17-19H,8H2. The number of rotatable bonds is 2. The zero-order valence-electron chi connectivity index (χ0n) is 10.9. The number of aromatic hydroxyl groups is 3. The molecule has 1 aliphatic heterocycles. The van der Waals surface area contributed by atoms with E-state index in [4.69, 9.17) is 4.74 Å². The molecule has 3 rings (SSSR count). The molecule has 0 radical (unpaired) electrons. The molecular formula is C16H12O5. The Hall–Kier alpha value is -2.95. The van der Waals surface area contributed by atoms with Crippen LogP contribution in [0, 0.1) is 0 Å². The van der Waals surface area contributed by atoms with Crippen LogP contribution in [-0.4, -0.2) is 27.9 Å². The molecule has 0 spiro atoms. The van der Waals surface area contributed by atoms with Gasteiger partial charge in [-0.15, -0.1) is 0 Å². The van der Waals surface area contributed by atoms with Crippen molar-refractivity contribution in [3.8, 4) is 17.2 Å². The minimum Gasteiger partial charge on any atom is -0.508 e. The lowest BCUT2D eigenvalue weighted by molar-refractivity contribution is -0.133. The molecule has 106 valence electrons. The molecule has 21 heavy (non-hydrogen) atoms. The summed E-state index contributed by atoms with van der Waals surface area (Å²) in [5.74, 6) is -0.835. The van der Waals surface area contributed by atoms with Crippen LogP contribution in [0.25, 0.3) is 11.1 Å². The Labute approximate surface area is 120 Å². The zero-order valence-corrected chi connectivity index (χ0v) is 10.9. The zero-order chi connectivity index (χ0) is 15.0. The smallest absolute Gasteiger partial charge is 0.339 e. The predicted molar refractivity (Wildman–Crippen MR) is 75.7 cm³/mol. The van der Waals surface area contributed by atoms with E-state index in [0.29, 0.717) is 22.3 Å². The van der Waals surface area contributed by atoms with Gasteiger partial charge in [-0.05, 0) is 35.4 Å². The number of carbonyl (C=O) groups excluding carboxylic acids is 1. The minimum atomic E-state index is -0.455. The summed E-state index contributed by atoms with van der Waals surface area (Å²) in [6, 6.07) is 10.6. The number of benzene rings is 2. The molecular weight excluding hydrogens is 272 g/mol. The van der Waals surface area contributed by atoms with E-state index in [1.807, 2.05) is 0 Å². The maximum absolute atomic E-state index is 11.9. The van der Waals surface area contributed by atoms with Crippen molar-refractivity contribution in [3.05, 3.63) is 53.6 Å². The Bertz CT molecular complexity index is 744. The van der Waals surface area contributed by atoms with Gasteiger partial charge in [0.2, 0.25) is 0 Å². The monoisotopic (exact) mass is 284 g/mol. The summed E-state index contributed by atoms with van der Waals surface area (Å²) >= 11 is 0. The van der Waals surface area contributed by atoms with E-state index in [9.17, 15) is 20.1 Å². The highest BCUT2D eigenvalue weighted by atomic mass is 16.5. The normalized spacial score (nSPS) is 14.4. The Balaban J connectivity index is 2.14. The van der Waals surface area contributed by atoms with Crippen LogP contribution in [0.5, 0.6) is 17.2 Å². The maximum Gasteiger partial charge on any atom is 0.339 e. The molecule has 5 heteroatoms. The Kier molecular flexibility index (Phi) is 3.02. The van der Waals surface area contributed by atoms with Crippen molar-refractivity contribution in [2.75, 3.05) is 6.61 Å². The molecule has 0 saturated heterocycles. The first-order chi connectivity index (χ1) is 10.1. The third-order valence-electron chi connectivity index (χ3n) is 3.33. The van der Waals surface area contributed by atoms with Gasteiger partial charge in [-0.3, -0.25) is 0 Å². The second kappa shape index (κ2) is 4.86. The van der Waals surface area contributed by atoms with Gasteiger partial charge in [-0.1, -0.05) is 18.2 Å². The molecule has 2 aromatic rings. The number of cyclic esters (lactones) is 1. The molecule has 5 nitrogen and oxygen atoms in total. The van der Waals surface area contributed by atoms with E-state index < -0.39 is 5.97 Å². The van der Waals surface area contributed by atoms with Crippen molar-refractivity contribution in [1.82, 2.24) is 0 Å². The summed E-state index contributed by atoms with van der Waals surface area (Å²) < 4.78 is 5.07. The summed E-state index contributed by atoms with van der Waals surface area (Å²) in [6.07, 6.45) is 0. The van der Waals surface area contributed by atoms with Crippen LogP contribution in [0.1, 0.15) is 11.1 Å². The molecule has 0 amide bonds. The summed E-state index contributed by atoms with van der Waals surface area (Å²) in [7, 11) is 0. The average Bonchev–Trinajstić information content (AvgIpc) is 2.85. The molecule has 0 saturated carbocycles. The van der Waals surface area contributed by atoms with Gasteiger partial charge in [0.15, 0.2) is 11.5 Å². The molecule has 1 heterocycles. The number of ether oxygens (including phenoxy) is 1. The fraction of sp³-hybridized carbons (Fsp3) is 0.0625. The largest absolute Gasteiger partial charge is 0.508 e. The number of hydrogen-bond acceptors (Lipinski definition) is 5. The lowest BCUT2D eigenvalue weighted by atomic mass is 9.96. The second-order valence-corrected chi connectivity index (χ2v) is 4.68. The third-order valence-corrected chi connectivity index (χ3v) is 3.33. The van der Waals surface area contributed by atoms with Crippen molar-refractivity contribution >= 4 is 17.1 Å². The quantitative estimate of drug-likeness (QED) is 0.581. The predicted octanol–water partition coefficient (Wildman–Crippen LogP) is 2.27. The van der Waals surface area contributed by atoms with E-state index in [1.54, 1.807) is 18.2 Å².